The van der Waals surface area contributed by atoms with Gasteiger partial charge in [0.1, 0.15) is 0 Å². The van der Waals surface area contributed by atoms with Crippen LogP contribution in [-0.4, -0.2) is 27.0 Å². The molecule has 1 heterocycles. The third-order valence-corrected chi connectivity index (χ3v) is 1.96. The van der Waals surface area contributed by atoms with Crippen LogP contribution in [0.4, 0.5) is 5.82 Å². The molecule has 0 unspecified atom stereocenters. The summed E-state index contributed by atoms with van der Waals surface area (Å²) >= 11 is 1.83. The molecule has 0 amide bonds. The first-order valence-corrected chi connectivity index (χ1v) is 4.87. The predicted molar refractivity (Wildman–Crippen MR) is 47.4 cm³/mol. The molecule has 4 nitrogen and oxygen atoms in total. The van der Waals surface area contributed by atoms with Crippen molar-refractivity contribution in [1.82, 2.24) is 15.0 Å². The van der Waals surface area contributed by atoms with Gasteiger partial charge in [-0.15, -0.1) is 5.10 Å². The van der Waals surface area contributed by atoms with Crippen LogP contribution < -0.4 is 5.73 Å². The van der Waals surface area contributed by atoms with Crippen LogP contribution in [0.3, 0.4) is 0 Å². The van der Waals surface area contributed by atoms with Gasteiger partial charge < -0.3 is 5.73 Å². The van der Waals surface area contributed by atoms with Gasteiger partial charge in [0, 0.05) is 0 Å². The SMILES string of the molecule is CSCCCn1ncc(N)n1. The molecule has 0 saturated heterocycles. The van der Waals surface area contributed by atoms with E-state index >= 15 is 0 Å². The number of nitrogens with two attached hydrogens (primary N) is 1. The molecule has 1 rings (SSSR count). The highest BCUT2D eigenvalue weighted by molar-refractivity contribution is 7.98. The first kappa shape index (κ1) is 8.39. The lowest BCUT2D eigenvalue weighted by atomic mass is 10.5. The van der Waals surface area contributed by atoms with Crippen LogP contribution in [0.15, 0.2) is 6.20 Å². The molecule has 1 aromatic rings. The van der Waals surface area contributed by atoms with E-state index in [1.165, 1.54) is 0 Å². The van der Waals surface area contributed by atoms with Crippen LogP contribution in [0.1, 0.15) is 6.42 Å². The van der Waals surface area contributed by atoms with Gasteiger partial charge in [-0.05, 0) is 18.4 Å². The van der Waals surface area contributed by atoms with E-state index in [0.29, 0.717) is 5.82 Å². The van der Waals surface area contributed by atoms with Crippen LogP contribution >= 0.6 is 11.8 Å². The Balaban J connectivity index is 2.27. The molecular weight excluding hydrogens is 160 g/mol. The van der Waals surface area contributed by atoms with Crippen molar-refractivity contribution in [2.75, 3.05) is 17.7 Å². The van der Waals surface area contributed by atoms with Crippen molar-refractivity contribution in [2.24, 2.45) is 0 Å². The predicted octanol–water partition coefficient (Wildman–Crippen LogP) is 0.613. The molecule has 0 saturated carbocycles. The summed E-state index contributed by atoms with van der Waals surface area (Å²) in [6, 6.07) is 0. The zero-order valence-corrected chi connectivity index (χ0v) is 7.34. The van der Waals surface area contributed by atoms with Crippen molar-refractivity contribution in [3.63, 3.8) is 0 Å². The topological polar surface area (TPSA) is 56.7 Å². The molecule has 0 bridgehead atoms. The van der Waals surface area contributed by atoms with Crippen LogP contribution in [-0.2, 0) is 6.54 Å². The zero-order valence-electron chi connectivity index (χ0n) is 6.53. The fourth-order valence-electron chi connectivity index (χ4n) is 0.769. The van der Waals surface area contributed by atoms with E-state index in [9.17, 15) is 0 Å². The molecule has 0 aliphatic carbocycles. The monoisotopic (exact) mass is 172 g/mol. The van der Waals surface area contributed by atoms with Gasteiger partial charge in [0.15, 0.2) is 5.82 Å². The summed E-state index contributed by atoms with van der Waals surface area (Å²) in [4.78, 5) is 1.63. The zero-order chi connectivity index (χ0) is 8.10. The quantitative estimate of drug-likeness (QED) is 0.676. The Morgan fingerprint density at radius 1 is 1.73 bits per heavy atom. The third-order valence-electron chi connectivity index (χ3n) is 1.26. The van der Waals surface area contributed by atoms with Crippen LogP contribution in [0.25, 0.3) is 0 Å². The Labute approximate surface area is 70.1 Å². The van der Waals surface area contributed by atoms with E-state index in [-0.39, 0.29) is 0 Å². The first-order valence-electron chi connectivity index (χ1n) is 3.47. The second-order valence-electron chi connectivity index (χ2n) is 2.21. The normalized spacial score (nSPS) is 10.3. The molecule has 2 N–H and O–H groups in total. The maximum atomic E-state index is 5.38. The summed E-state index contributed by atoms with van der Waals surface area (Å²) in [5.74, 6) is 1.63. The summed E-state index contributed by atoms with van der Waals surface area (Å²) in [5.41, 5.74) is 5.38. The number of anilines is 1. The smallest absolute Gasteiger partial charge is 0.165 e. The Bertz CT molecular complexity index is 210. The van der Waals surface area contributed by atoms with Gasteiger partial charge in [-0.3, -0.25) is 0 Å². The number of thioether (sulfide) groups is 1. The molecule has 0 aliphatic rings. The minimum atomic E-state index is 0.495. The molecule has 5 heteroatoms. The molecule has 62 valence electrons. The largest absolute Gasteiger partial charge is 0.381 e. The molecule has 1 aromatic heterocycles. The lowest BCUT2D eigenvalue weighted by Crippen LogP contribution is -2.03. The number of hydrogen-bond acceptors (Lipinski definition) is 4. The average molecular weight is 172 g/mol. The standard InChI is InChI=1S/C6H12N4S/c1-11-4-2-3-10-8-5-6(7)9-10/h5H,2-4H2,1H3,(H2,7,9). The maximum absolute atomic E-state index is 5.38. The van der Waals surface area contributed by atoms with E-state index in [1.807, 2.05) is 11.8 Å². The second kappa shape index (κ2) is 4.23. The van der Waals surface area contributed by atoms with Gasteiger partial charge in [0.05, 0.1) is 12.7 Å². The van der Waals surface area contributed by atoms with Crippen molar-refractivity contribution in [2.45, 2.75) is 13.0 Å². The van der Waals surface area contributed by atoms with Crippen LogP contribution in [0, 0.1) is 0 Å². The second-order valence-corrected chi connectivity index (χ2v) is 3.20. The van der Waals surface area contributed by atoms with E-state index < -0.39 is 0 Å². The van der Waals surface area contributed by atoms with Gasteiger partial charge in [0.2, 0.25) is 0 Å². The number of aromatic nitrogens is 3. The van der Waals surface area contributed by atoms with Crippen molar-refractivity contribution < 1.29 is 0 Å². The molecule has 0 aromatic carbocycles. The minimum Gasteiger partial charge on any atom is -0.381 e. The lowest BCUT2D eigenvalue weighted by Gasteiger charge is -1.96. The number of nitrogens with zero attached hydrogens (tertiary/aromatic N) is 3. The van der Waals surface area contributed by atoms with E-state index in [0.717, 1.165) is 18.7 Å². The Kier molecular flexibility index (Phi) is 3.22. The van der Waals surface area contributed by atoms with E-state index in [1.54, 1.807) is 11.0 Å². The van der Waals surface area contributed by atoms with Crippen molar-refractivity contribution in [1.29, 1.82) is 0 Å². The highest BCUT2D eigenvalue weighted by atomic mass is 32.2. The Hall–Kier alpha value is -0.710. The number of nitrogen functional groups attached to an aromatic ring is 1. The summed E-state index contributed by atoms with van der Waals surface area (Å²) in [6.07, 6.45) is 4.75. The molecule has 0 aliphatic heterocycles. The Morgan fingerprint density at radius 3 is 3.09 bits per heavy atom. The van der Waals surface area contributed by atoms with Crippen molar-refractivity contribution >= 4 is 17.6 Å². The molecule has 0 radical (unpaired) electrons. The molecule has 0 fully saturated rings. The molecular formula is C6H12N4S. The number of aryl methyl sites for hydroxylation is 1. The summed E-state index contributed by atoms with van der Waals surface area (Å²) < 4.78 is 0. The van der Waals surface area contributed by atoms with Gasteiger partial charge in [-0.25, -0.2) is 0 Å². The van der Waals surface area contributed by atoms with Gasteiger partial charge in [0.25, 0.3) is 0 Å². The highest BCUT2D eigenvalue weighted by Gasteiger charge is 1.94. The van der Waals surface area contributed by atoms with E-state index in [4.69, 9.17) is 5.73 Å². The summed E-state index contributed by atoms with van der Waals surface area (Å²) in [7, 11) is 0. The van der Waals surface area contributed by atoms with Gasteiger partial charge in [-0.2, -0.15) is 21.7 Å². The fraction of sp³-hybridized carbons (Fsp3) is 0.667. The van der Waals surface area contributed by atoms with Gasteiger partial charge in [-0.1, -0.05) is 0 Å². The Morgan fingerprint density at radius 2 is 2.55 bits per heavy atom. The molecule has 0 atom stereocenters. The number of hydrogen-bond donors (Lipinski definition) is 1. The van der Waals surface area contributed by atoms with Crippen LogP contribution in [0.2, 0.25) is 0 Å². The highest BCUT2D eigenvalue weighted by Crippen LogP contribution is 1.98. The summed E-state index contributed by atoms with van der Waals surface area (Å²) in [6.45, 7) is 0.859. The summed E-state index contributed by atoms with van der Waals surface area (Å²) in [5, 5.41) is 7.92. The fourth-order valence-corrected chi connectivity index (χ4v) is 1.19. The third kappa shape index (κ3) is 2.80. The molecule has 11 heavy (non-hydrogen) atoms. The van der Waals surface area contributed by atoms with Crippen LogP contribution in [0.5, 0.6) is 0 Å². The number of rotatable bonds is 4. The van der Waals surface area contributed by atoms with Crippen molar-refractivity contribution in [3.05, 3.63) is 6.20 Å². The van der Waals surface area contributed by atoms with E-state index in [2.05, 4.69) is 16.5 Å². The maximum Gasteiger partial charge on any atom is 0.165 e. The first-order chi connectivity index (χ1) is 5.33. The minimum absolute atomic E-state index is 0.495. The molecule has 0 spiro atoms. The lowest BCUT2D eigenvalue weighted by molar-refractivity contribution is 0.532. The van der Waals surface area contributed by atoms with Crippen molar-refractivity contribution in [3.8, 4) is 0 Å². The average Bonchev–Trinajstić information content (AvgIpc) is 2.37. The van der Waals surface area contributed by atoms with Gasteiger partial charge >= 0.3 is 0 Å².